The van der Waals surface area contributed by atoms with Crippen LogP contribution in [-0.2, 0) is 4.18 Å². The van der Waals surface area contributed by atoms with Gasteiger partial charge in [0.1, 0.15) is 6.16 Å². The Bertz CT molecular complexity index is 261. The average molecular weight is 233 g/mol. The molecule has 0 aromatic heterocycles. The van der Waals surface area contributed by atoms with E-state index in [4.69, 9.17) is 15.2 Å². The Morgan fingerprint density at radius 2 is 2.36 bits per heavy atom. The van der Waals surface area contributed by atoms with E-state index in [0.717, 1.165) is 12.6 Å². The van der Waals surface area contributed by atoms with E-state index >= 15 is 0 Å². The Morgan fingerprint density at radius 3 is 2.86 bits per heavy atom. The Morgan fingerprint density at radius 1 is 1.64 bits per heavy atom. The summed E-state index contributed by atoms with van der Waals surface area (Å²) in [5.74, 6) is 0.0352. The molecule has 0 rings (SSSR count). The molecule has 0 amide bonds. The van der Waals surface area contributed by atoms with E-state index < -0.39 is 6.92 Å². The zero-order chi connectivity index (χ0) is 10.8. The minimum absolute atomic E-state index is 0.0352. The molecular formula is C7H14N4OPS+. The lowest BCUT2D eigenvalue weighted by atomic mass is 10.5. The number of nitrogens with two attached hydrogens (primary N) is 1. The van der Waals surface area contributed by atoms with Crippen LogP contribution in [0, 0.1) is 11.5 Å². The van der Waals surface area contributed by atoms with Gasteiger partial charge in [-0.15, -0.1) is 4.99 Å². The summed E-state index contributed by atoms with van der Waals surface area (Å²) < 4.78 is 9.34. The minimum atomic E-state index is -0.708. The number of aliphatic imine (C=N–C) groups is 1. The standard InChI is InChI=1S/C7H14N4OPS/c1-3-5-12-14-13(4-2)11-7(9)10-6-8/h3-5H2,1-2H3,(H2,9,10)/q+1. The van der Waals surface area contributed by atoms with Gasteiger partial charge in [0.2, 0.25) is 6.19 Å². The van der Waals surface area contributed by atoms with Gasteiger partial charge in [-0.05, 0) is 18.1 Å². The summed E-state index contributed by atoms with van der Waals surface area (Å²) in [6, 6.07) is 0. The second-order valence-corrected chi connectivity index (χ2v) is 5.87. The minimum Gasteiger partial charge on any atom is -0.364 e. The van der Waals surface area contributed by atoms with Gasteiger partial charge in [-0.1, -0.05) is 6.92 Å². The third-order valence-corrected chi connectivity index (χ3v) is 4.34. The molecule has 0 aliphatic heterocycles. The van der Waals surface area contributed by atoms with Gasteiger partial charge in [-0.25, -0.2) is 0 Å². The van der Waals surface area contributed by atoms with Crippen LogP contribution in [0.1, 0.15) is 20.3 Å². The molecule has 0 saturated carbocycles. The lowest BCUT2D eigenvalue weighted by molar-refractivity contribution is 0.379. The maximum absolute atomic E-state index is 8.23. The van der Waals surface area contributed by atoms with Crippen molar-refractivity contribution in [1.82, 2.24) is 0 Å². The van der Waals surface area contributed by atoms with Crippen LogP contribution >= 0.6 is 18.6 Å². The molecule has 0 aromatic rings. The summed E-state index contributed by atoms with van der Waals surface area (Å²) >= 11 is 1.33. The molecule has 0 spiro atoms. The molecule has 1 atom stereocenters. The van der Waals surface area contributed by atoms with Crippen molar-refractivity contribution in [2.24, 2.45) is 15.5 Å². The second kappa shape index (κ2) is 8.95. The van der Waals surface area contributed by atoms with Gasteiger partial charge in [0.05, 0.1) is 6.61 Å². The molecule has 1 unspecified atom stereocenters. The summed E-state index contributed by atoms with van der Waals surface area (Å²) in [7, 11) is 0. The number of nitriles is 1. The maximum atomic E-state index is 8.23. The lowest BCUT2D eigenvalue weighted by Crippen LogP contribution is -2.05. The van der Waals surface area contributed by atoms with Crippen LogP contribution in [0.25, 0.3) is 0 Å². The molecule has 0 heterocycles. The molecule has 0 aromatic carbocycles. The Kier molecular flexibility index (Phi) is 8.54. The van der Waals surface area contributed by atoms with Crippen molar-refractivity contribution in [1.29, 1.82) is 5.26 Å². The van der Waals surface area contributed by atoms with Crippen LogP contribution in [0.4, 0.5) is 0 Å². The first-order valence-electron chi connectivity index (χ1n) is 4.25. The van der Waals surface area contributed by atoms with Gasteiger partial charge in [0, 0.05) is 0 Å². The van der Waals surface area contributed by atoms with Gasteiger partial charge in [0.25, 0.3) is 17.6 Å². The van der Waals surface area contributed by atoms with Gasteiger partial charge < -0.3 is 5.73 Å². The molecule has 0 aliphatic rings. The number of guanidine groups is 1. The molecule has 2 N–H and O–H groups in total. The Balaban J connectivity index is 4.12. The van der Waals surface area contributed by atoms with Gasteiger partial charge in [-0.2, -0.15) is 5.26 Å². The third kappa shape index (κ3) is 6.84. The Labute approximate surface area is 89.2 Å². The summed E-state index contributed by atoms with van der Waals surface area (Å²) in [4.78, 5) is 3.32. The van der Waals surface area contributed by atoms with Crippen LogP contribution < -0.4 is 5.73 Å². The van der Waals surface area contributed by atoms with E-state index in [0.29, 0.717) is 6.61 Å². The summed E-state index contributed by atoms with van der Waals surface area (Å²) in [5, 5.41) is 8.23. The molecule has 78 valence electrons. The molecule has 14 heavy (non-hydrogen) atoms. The summed E-state index contributed by atoms with van der Waals surface area (Å²) in [6.45, 7) is 4.03. The van der Waals surface area contributed by atoms with Crippen LogP contribution in [0.2, 0.25) is 0 Å². The monoisotopic (exact) mass is 233 g/mol. The normalized spacial score (nSPS) is 12.6. The van der Waals surface area contributed by atoms with Gasteiger partial charge in [0.15, 0.2) is 0 Å². The molecule has 0 aliphatic carbocycles. The van der Waals surface area contributed by atoms with Gasteiger partial charge >= 0.3 is 6.92 Å². The highest BCUT2D eigenvalue weighted by Gasteiger charge is 2.14. The fourth-order valence-corrected chi connectivity index (χ4v) is 2.68. The fraction of sp³-hybridized carbons (Fsp3) is 0.714. The van der Waals surface area contributed by atoms with E-state index in [-0.39, 0.29) is 5.96 Å². The van der Waals surface area contributed by atoms with Gasteiger partial charge in [-0.3, -0.25) is 4.18 Å². The molecule has 0 radical (unpaired) electrons. The zero-order valence-corrected chi connectivity index (χ0v) is 10.0. The predicted molar refractivity (Wildman–Crippen MR) is 61.0 cm³/mol. The SMILES string of the molecule is CCCOS[P+](CC)=NC(N)=NC#N. The van der Waals surface area contributed by atoms with Crippen LogP contribution in [0.5, 0.6) is 0 Å². The highest BCUT2D eigenvalue weighted by molar-refractivity contribution is 8.49. The fourth-order valence-electron chi connectivity index (χ4n) is 0.509. The first-order valence-corrected chi connectivity index (χ1v) is 7.08. The highest BCUT2D eigenvalue weighted by Crippen LogP contribution is 2.41. The molecular weight excluding hydrogens is 219 g/mol. The molecule has 0 saturated heterocycles. The van der Waals surface area contributed by atoms with E-state index in [1.54, 1.807) is 6.19 Å². The third-order valence-electron chi connectivity index (χ3n) is 1.08. The van der Waals surface area contributed by atoms with Crippen molar-refractivity contribution in [3.05, 3.63) is 0 Å². The average Bonchev–Trinajstić information content (AvgIpc) is 2.17. The van der Waals surface area contributed by atoms with Crippen LogP contribution in [0.3, 0.4) is 0 Å². The van der Waals surface area contributed by atoms with Crippen molar-refractivity contribution in [2.75, 3.05) is 12.8 Å². The van der Waals surface area contributed by atoms with E-state index in [1.165, 1.54) is 11.7 Å². The molecule has 5 nitrogen and oxygen atoms in total. The summed E-state index contributed by atoms with van der Waals surface area (Å²) in [6.07, 6.45) is 3.42. The summed E-state index contributed by atoms with van der Waals surface area (Å²) in [5.41, 5.74) is 5.37. The number of nitrogens with zero attached hydrogens (tertiary/aromatic N) is 3. The quantitative estimate of drug-likeness (QED) is 0.197. The zero-order valence-electron chi connectivity index (χ0n) is 8.30. The van der Waals surface area contributed by atoms with Crippen molar-refractivity contribution < 1.29 is 4.18 Å². The van der Waals surface area contributed by atoms with Crippen molar-refractivity contribution in [2.45, 2.75) is 20.3 Å². The number of rotatable bonds is 5. The topological polar surface area (TPSA) is 83.8 Å². The van der Waals surface area contributed by atoms with Crippen molar-refractivity contribution >= 4 is 24.5 Å². The molecule has 0 fully saturated rings. The van der Waals surface area contributed by atoms with Crippen molar-refractivity contribution in [3.8, 4) is 6.19 Å². The maximum Gasteiger partial charge on any atom is 0.311 e. The Hall–Kier alpha value is -0.630. The predicted octanol–water partition coefficient (Wildman–Crippen LogP) is 2.46. The lowest BCUT2D eigenvalue weighted by Gasteiger charge is -1.91. The van der Waals surface area contributed by atoms with Crippen LogP contribution in [0.15, 0.2) is 9.74 Å². The van der Waals surface area contributed by atoms with E-state index in [2.05, 4.69) is 9.74 Å². The highest BCUT2D eigenvalue weighted by atomic mass is 32.7. The number of hydrogen-bond donors (Lipinski definition) is 1. The van der Waals surface area contributed by atoms with E-state index in [9.17, 15) is 0 Å². The number of hydrogen-bond acceptors (Lipinski definition) is 4. The first kappa shape index (κ1) is 13.4. The first-order chi connectivity index (χ1) is 6.74. The van der Waals surface area contributed by atoms with Crippen LogP contribution in [-0.4, -0.2) is 18.7 Å². The van der Waals surface area contributed by atoms with Crippen molar-refractivity contribution in [3.63, 3.8) is 0 Å². The second-order valence-electron chi connectivity index (χ2n) is 2.23. The smallest absolute Gasteiger partial charge is 0.311 e. The molecule has 7 heteroatoms. The molecule has 0 bridgehead atoms. The van der Waals surface area contributed by atoms with E-state index in [1.807, 2.05) is 13.8 Å². The largest absolute Gasteiger partial charge is 0.364 e.